The van der Waals surface area contributed by atoms with Gasteiger partial charge >= 0.3 is 0 Å². The highest BCUT2D eigenvalue weighted by molar-refractivity contribution is 5.80. The summed E-state index contributed by atoms with van der Waals surface area (Å²) in [5.74, 6) is 0.0675. The fraction of sp³-hybridized carbons (Fsp3) is 0.875. The number of hydrogen-bond acceptors (Lipinski definition) is 3. The van der Waals surface area contributed by atoms with E-state index in [1.807, 2.05) is 0 Å². The minimum absolute atomic E-state index is 0.0675. The summed E-state index contributed by atoms with van der Waals surface area (Å²) in [6.07, 6.45) is 1.64. The standard InChI is InChI=1S/C8H16N2O2/c1-10(5-4-9)8(11)7-3-2-6-12-7/h7H,2-6,9H2,1H3. The molecule has 1 aliphatic heterocycles. The van der Waals surface area contributed by atoms with E-state index in [0.29, 0.717) is 19.7 Å². The molecule has 0 aliphatic carbocycles. The topological polar surface area (TPSA) is 55.6 Å². The molecule has 0 aromatic carbocycles. The Morgan fingerprint density at radius 3 is 3.00 bits per heavy atom. The lowest BCUT2D eigenvalue weighted by atomic mass is 10.2. The zero-order valence-electron chi connectivity index (χ0n) is 7.45. The molecular formula is C8H16N2O2. The number of carbonyl (C=O) groups excluding carboxylic acids is 1. The van der Waals surface area contributed by atoms with Crippen LogP contribution in [-0.2, 0) is 9.53 Å². The van der Waals surface area contributed by atoms with Crippen molar-refractivity contribution in [1.29, 1.82) is 0 Å². The monoisotopic (exact) mass is 172 g/mol. The molecule has 4 nitrogen and oxygen atoms in total. The highest BCUT2D eigenvalue weighted by Crippen LogP contribution is 2.13. The maximum absolute atomic E-state index is 11.5. The SMILES string of the molecule is CN(CCN)C(=O)C1CCCO1. The van der Waals surface area contributed by atoms with Gasteiger partial charge in [-0.2, -0.15) is 0 Å². The minimum Gasteiger partial charge on any atom is -0.368 e. The van der Waals surface area contributed by atoms with Crippen molar-refractivity contribution in [3.63, 3.8) is 0 Å². The van der Waals surface area contributed by atoms with Crippen molar-refractivity contribution in [1.82, 2.24) is 4.90 Å². The molecule has 1 rings (SSSR count). The number of likely N-dealkylation sites (N-methyl/N-ethyl adjacent to an activating group) is 1. The highest BCUT2D eigenvalue weighted by Gasteiger charge is 2.25. The molecule has 0 spiro atoms. The lowest BCUT2D eigenvalue weighted by molar-refractivity contribution is -0.139. The Balaban J connectivity index is 2.34. The van der Waals surface area contributed by atoms with Gasteiger partial charge in [0.2, 0.25) is 0 Å². The minimum atomic E-state index is -0.207. The van der Waals surface area contributed by atoms with Crippen molar-refractivity contribution in [2.24, 2.45) is 5.73 Å². The molecule has 0 saturated carbocycles. The number of rotatable bonds is 3. The average Bonchev–Trinajstić information content (AvgIpc) is 2.55. The number of hydrogen-bond donors (Lipinski definition) is 1. The van der Waals surface area contributed by atoms with Gasteiger partial charge in [0.1, 0.15) is 6.10 Å². The van der Waals surface area contributed by atoms with Gasteiger partial charge in [-0.3, -0.25) is 4.79 Å². The maximum atomic E-state index is 11.5. The molecule has 1 heterocycles. The number of nitrogens with zero attached hydrogens (tertiary/aromatic N) is 1. The summed E-state index contributed by atoms with van der Waals surface area (Å²) >= 11 is 0. The zero-order chi connectivity index (χ0) is 8.97. The Hall–Kier alpha value is -0.610. The molecule has 0 aromatic heterocycles. The van der Waals surface area contributed by atoms with Crippen molar-refractivity contribution in [3.8, 4) is 0 Å². The first kappa shape index (κ1) is 9.48. The molecule has 1 aliphatic rings. The Bertz CT molecular complexity index is 155. The Morgan fingerprint density at radius 2 is 2.50 bits per heavy atom. The van der Waals surface area contributed by atoms with Crippen molar-refractivity contribution in [2.45, 2.75) is 18.9 Å². The summed E-state index contributed by atoms with van der Waals surface area (Å²) in [4.78, 5) is 13.1. The van der Waals surface area contributed by atoms with E-state index in [4.69, 9.17) is 10.5 Å². The largest absolute Gasteiger partial charge is 0.368 e. The van der Waals surface area contributed by atoms with Gasteiger partial charge in [-0.25, -0.2) is 0 Å². The summed E-state index contributed by atoms with van der Waals surface area (Å²) in [5, 5.41) is 0. The van der Waals surface area contributed by atoms with Crippen LogP contribution < -0.4 is 5.73 Å². The Morgan fingerprint density at radius 1 is 1.75 bits per heavy atom. The van der Waals surface area contributed by atoms with Crippen LogP contribution in [-0.4, -0.2) is 43.7 Å². The van der Waals surface area contributed by atoms with Crippen LogP contribution in [0.5, 0.6) is 0 Å². The Labute approximate surface area is 72.7 Å². The number of nitrogens with two attached hydrogens (primary N) is 1. The molecule has 1 atom stereocenters. The molecule has 12 heavy (non-hydrogen) atoms. The van der Waals surface area contributed by atoms with Gasteiger partial charge in [-0.1, -0.05) is 0 Å². The predicted molar refractivity (Wildman–Crippen MR) is 45.7 cm³/mol. The number of carbonyl (C=O) groups is 1. The molecule has 0 aromatic rings. The smallest absolute Gasteiger partial charge is 0.251 e. The van der Waals surface area contributed by atoms with E-state index in [2.05, 4.69) is 0 Å². The number of amides is 1. The first-order valence-electron chi connectivity index (χ1n) is 4.32. The van der Waals surface area contributed by atoms with Crippen LogP contribution in [0.2, 0.25) is 0 Å². The van der Waals surface area contributed by atoms with E-state index < -0.39 is 0 Å². The van der Waals surface area contributed by atoms with Crippen molar-refractivity contribution >= 4 is 5.91 Å². The van der Waals surface area contributed by atoms with E-state index in [9.17, 15) is 4.79 Å². The van der Waals surface area contributed by atoms with Crippen molar-refractivity contribution in [2.75, 3.05) is 26.7 Å². The summed E-state index contributed by atoms with van der Waals surface area (Å²) in [5.41, 5.74) is 5.33. The lowest BCUT2D eigenvalue weighted by Crippen LogP contribution is -2.38. The van der Waals surface area contributed by atoms with Crippen molar-refractivity contribution in [3.05, 3.63) is 0 Å². The van der Waals surface area contributed by atoms with E-state index in [1.54, 1.807) is 11.9 Å². The van der Waals surface area contributed by atoms with Crippen LogP contribution in [0.15, 0.2) is 0 Å². The fourth-order valence-electron chi connectivity index (χ4n) is 1.32. The fourth-order valence-corrected chi connectivity index (χ4v) is 1.32. The van der Waals surface area contributed by atoms with E-state index >= 15 is 0 Å². The van der Waals surface area contributed by atoms with Gasteiger partial charge in [0, 0.05) is 26.7 Å². The lowest BCUT2D eigenvalue weighted by Gasteiger charge is -2.19. The van der Waals surface area contributed by atoms with E-state index in [1.165, 1.54) is 0 Å². The van der Waals surface area contributed by atoms with Gasteiger partial charge in [0.15, 0.2) is 0 Å². The van der Waals surface area contributed by atoms with Gasteiger partial charge in [0.25, 0.3) is 5.91 Å². The third-order valence-electron chi connectivity index (χ3n) is 2.05. The van der Waals surface area contributed by atoms with Crippen LogP contribution in [0.3, 0.4) is 0 Å². The third kappa shape index (κ3) is 2.19. The van der Waals surface area contributed by atoms with Gasteiger partial charge in [0.05, 0.1) is 0 Å². The van der Waals surface area contributed by atoms with Crippen molar-refractivity contribution < 1.29 is 9.53 Å². The summed E-state index contributed by atoms with van der Waals surface area (Å²) in [7, 11) is 1.76. The molecular weight excluding hydrogens is 156 g/mol. The zero-order valence-corrected chi connectivity index (χ0v) is 7.45. The van der Waals surface area contributed by atoms with E-state index in [0.717, 1.165) is 12.8 Å². The first-order valence-corrected chi connectivity index (χ1v) is 4.32. The maximum Gasteiger partial charge on any atom is 0.251 e. The van der Waals surface area contributed by atoms with Gasteiger partial charge in [-0.15, -0.1) is 0 Å². The third-order valence-corrected chi connectivity index (χ3v) is 2.05. The van der Waals surface area contributed by atoms with Crippen LogP contribution in [0, 0.1) is 0 Å². The van der Waals surface area contributed by atoms with Gasteiger partial charge < -0.3 is 15.4 Å². The second-order valence-corrected chi connectivity index (χ2v) is 3.05. The average molecular weight is 172 g/mol. The van der Waals surface area contributed by atoms with E-state index in [-0.39, 0.29) is 12.0 Å². The molecule has 0 bridgehead atoms. The summed E-state index contributed by atoms with van der Waals surface area (Å²) in [6.45, 7) is 1.83. The number of ether oxygens (including phenoxy) is 1. The van der Waals surface area contributed by atoms with Crippen LogP contribution in [0.1, 0.15) is 12.8 Å². The summed E-state index contributed by atoms with van der Waals surface area (Å²) in [6, 6.07) is 0. The molecule has 1 saturated heterocycles. The quantitative estimate of drug-likeness (QED) is 0.629. The highest BCUT2D eigenvalue weighted by atomic mass is 16.5. The van der Waals surface area contributed by atoms with Crippen LogP contribution >= 0.6 is 0 Å². The molecule has 70 valence electrons. The van der Waals surface area contributed by atoms with Crippen LogP contribution in [0.4, 0.5) is 0 Å². The molecule has 2 N–H and O–H groups in total. The Kier molecular flexibility index (Phi) is 3.49. The second kappa shape index (κ2) is 4.42. The molecule has 1 amide bonds. The summed E-state index contributed by atoms with van der Waals surface area (Å²) < 4.78 is 5.25. The normalized spacial score (nSPS) is 22.7. The molecule has 4 heteroatoms. The molecule has 0 radical (unpaired) electrons. The van der Waals surface area contributed by atoms with Crippen LogP contribution in [0.25, 0.3) is 0 Å². The predicted octanol–water partition coefficient (Wildman–Crippen LogP) is -0.417. The van der Waals surface area contributed by atoms with Gasteiger partial charge in [-0.05, 0) is 12.8 Å². The molecule has 1 fully saturated rings. The second-order valence-electron chi connectivity index (χ2n) is 3.05. The molecule has 1 unspecified atom stereocenters. The first-order chi connectivity index (χ1) is 5.75.